The monoisotopic (exact) mass is 260 g/mol. The van der Waals surface area contributed by atoms with Gasteiger partial charge in [0.05, 0.1) is 12.7 Å². The minimum atomic E-state index is 0.495. The highest BCUT2D eigenvalue weighted by Gasteiger charge is 2.10. The maximum atomic E-state index is 5.83. The highest BCUT2D eigenvalue weighted by Crippen LogP contribution is 2.19. The van der Waals surface area contributed by atoms with E-state index in [1.807, 2.05) is 36.9 Å². The predicted octanol–water partition coefficient (Wildman–Crippen LogP) is 3.37. The highest BCUT2D eigenvalue weighted by molar-refractivity contribution is 5.38. The third kappa shape index (κ3) is 3.56. The minimum Gasteiger partial charge on any atom is -0.383 e. The molecule has 0 amide bonds. The average Bonchev–Trinajstić information content (AvgIpc) is 2.76. The van der Waals surface area contributed by atoms with Crippen molar-refractivity contribution in [1.29, 1.82) is 0 Å². The van der Waals surface area contributed by atoms with Crippen molar-refractivity contribution in [3.63, 3.8) is 0 Å². The summed E-state index contributed by atoms with van der Waals surface area (Å²) >= 11 is 0. The summed E-state index contributed by atoms with van der Waals surface area (Å²) in [5, 5.41) is 4.41. The second-order valence-corrected chi connectivity index (χ2v) is 4.55. The molecule has 0 atom stereocenters. The van der Waals surface area contributed by atoms with E-state index in [1.54, 1.807) is 6.20 Å². The molecule has 0 saturated carbocycles. The first-order valence-corrected chi connectivity index (χ1v) is 6.81. The number of pyridine rings is 1. The molecule has 19 heavy (non-hydrogen) atoms. The molecule has 2 heterocycles. The van der Waals surface area contributed by atoms with Crippen LogP contribution in [0, 0.1) is 6.92 Å². The molecule has 0 aliphatic rings. The maximum Gasteiger partial charge on any atom is 0.128 e. The van der Waals surface area contributed by atoms with Crippen molar-refractivity contribution in [2.75, 3.05) is 5.73 Å². The molecule has 0 aliphatic carbocycles. The first kappa shape index (κ1) is 15.2. The molecule has 2 N–H and O–H groups in total. The molecule has 0 bridgehead atoms. The molecule has 4 nitrogen and oxygen atoms in total. The molecule has 0 fully saturated rings. The van der Waals surface area contributed by atoms with Gasteiger partial charge >= 0.3 is 0 Å². The summed E-state index contributed by atoms with van der Waals surface area (Å²) in [6, 6.07) is 3.88. The van der Waals surface area contributed by atoms with Crippen LogP contribution in [0.15, 0.2) is 24.5 Å². The van der Waals surface area contributed by atoms with E-state index in [0.29, 0.717) is 18.3 Å². The lowest BCUT2D eigenvalue weighted by Gasteiger charge is -2.08. The lowest BCUT2D eigenvalue weighted by atomic mass is 10.1. The van der Waals surface area contributed by atoms with E-state index < -0.39 is 0 Å². The first-order valence-electron chi connectivity index (χ1n) is 6.81. The molecule has 104 valence electrons. The Bertz CT molecular complexity index is 515. The molecule has 4 heteroatoms. The van der Waals surface area contributed by atoms with Crippen molar-refractivity contribution in [2.45, 2.75) is 47.1 Å². The van der Waals surface area contributed by atoms with Crippen LogP contribution >= 0.6 is 0 Å². The molecule has 0 aromatic carbocycles. The van der Waals surface area contributed by atoms with Crippen LogP contribution in [0.4, 0.5) is 5.82 Å². The highest BCUT2D eigenvalue weighted by atomic mass is 15.3. The van der Waals surface area contributed by atoms with Crippen LogP contribution in [0.5, 0.6) is 0 Å². The number of aromatic nitrogens is 3. The second kappa shape index (κ2) is 6.92. The number of anilines is 1. The van der Waals surface area contributed by atoms with Gasteiger partial charge in [0.15, 0.2) is 0 Å². The number of hydrogen-bond acceptors (Lipinski definition) is 3. The number of nitrogens with two attached hydrogens (primary N) is 1. The summed E-state index contributed by atoms with van der Waals surface area (Å²) in [6.07, 6.45) is 3.64. The molecule has 0 aliphatic heterocycles. The van der Waals surface area contributed by atoms with Gasteiger partial charge in [0.1, 0.15) is 5.82 Å². The zero-order valence-corrected chi connectivity index (χ0v) is 12.5. The molecule has 2 aromatic rings. The molecule has 0 saturated heterocycles. The van der Waals surface area contributed by atoms with E-state index in [-0.39, 0.29) is 0 Å². The number of rotatable bonds is 3. The van der Waals surface area contributed by atoms with Crippen LogP contribution in [-0.2, 0) is 6.54 Å². The van der Waals surface area contributed by atoms with Crippen molar-refractivity contribution in [3.8, 4) is 0 Å². The summed E-state index contributed by atoms with van der Waals surface area (Å²) in [4.78, 5) is 4.08. The smallest absolute Gasteiger partial charge is 0.128 e. The van der Waals surface area contributed by atoms with E-state index in [4.69, 9.17) is 5.73 Å². The van der Waals surface area contributed by atoms with Crippen molar-refractivity contribution >= 4 is 5.82 Å². The number of nitrogen functional groups attached to an aromatic ring is 1. The standard InChI is InChI=1S/C13H18N4.C2H6/c1-9(2)12-7-16-17(10(12)3)8-11-5-4-6-15-13(11)14;1-2/h4-7,9H,8H2,1-3H3,(H2,14,15);1-2H3. The topological polar surface area (TPSA) is 56.7 Å². The van der Waals surface area contributed by atoms with E-state index in [9.17, 15) is 0 Å². The number of nitrogens with zero attached hydrogens (tertiary/aromatic N) is 3. The molecular weight excluding hydrogens is 236 g/mol. The fourth-order valence-corrected chi connectivity index (χ4v) is 1.93. The van der Waals surface area contributed by atoms with Crippen molar-refractivity contribution in [3.05, 3.63) is 41.3 Å². The summed E-state index contributed by atoms with van der Waals surface area (Å²) in [7, 11) is 0. The summed E-state index contributed by atoms with van der Waals surface area (Å²) in [5.41, 5.74) is 9.32. The Kier molecular flexibility index (Phi) is 5.55. The van der Waals surface area contributed by atoms with Crippen LogP contribution < -0.4 is 5.73 Å². The summed E-state index contributed by atoms with van der Waals surface area (Å²) in [6.45, 7) is 11.1. The number of hydrogen-bond donors (Lipinski definition) is 1. The van der Waals surface area contributed by atoms with Gasteiger partial charge in [0.2, 0.25) is 0 Å². The summed E-state index contributed by atoms with van der Waals surface area (Å²) < 4.78 is 1.97. The molecule has 0 unspecified atom stereocenters. The second-order valence-electron chi connectivity index (χ2n) is 4.55. The lowest BCUT2D eigenvalue weighted by Crippen LogP contribution is -2.07. The fourth-order valence-electron chi connectivity index (χ4n) is 1.93. The maximum absolute atomic E-state index is 5.83. The van der Waals surface area contributed by atoms with Crippen molar-refractivity contribution in [2.24, 2.45) is 0 Å². The molecule has 2 aromatic heterocycles. The van der Waals surface area contributed by atoms with E-state index in [2.05, 4.69) is 30.9 Å². The third-order valence-corrected chi connectivity index (χ3v) is 3.01. The van der Waals surface area contributed by atoms with Gasteiger partial charge in [-0.3, -0.25) is 4.68 Å². The van der Waals surface area contributed by atoms with Crippen LogP contribution in [0.2, 0.25) is 0 Å². The summed E-state index contributed by atoms with van der Waals surface area (Å²) in [5.74, 6) is 1.07. The Labute approximate surface area is 115 Å². The van der Waals surface area contributed by atoms with Crippen molar-refractivity contribution < 1.29 is 0 Å². The molecular formula is C15H24N4. The zero-order valence-electron chi connectivity index (χ0n) is 12.5. The van der Waals surface area contributed by atoms with Crippen LogP contribution in [-0.4, -0.2) is 14.8 Å². The predicted molar refractivity (Wildman–Crippen MR) is 80.2 cm³/mol. The third-order valence-electron chi connectivity index (χ3n) is 3.01. The quantitative estimate of drug-likeness (QED) is 0.920. The van der Waals surface area contributed by atoms with Gasteiger partial charge < -0.3 is 5.73 Å². The largest absolute Gasteiger partial charge is 0.383 e. The zero-order chi connectivity index (χ0) is 14.4. The Hall–Kier alpha value is -1.84. The Morgan fingerprint density at radius 3 is 2.53 bits per heavy atom. The van der Waals surface area contributed by atoms with Crippen LogP contribution in [0.1, 0.15) is 50.4 Å². The van der Waals surface area contributed by atoms with Gasteiger partial charge in [0, 0.05) is 17.5 Å². The Morgan fingerprint density at radius 2 is 2.00 bits per heavy atom. The average molecular weight is 260 g/mol. The van der Waals surface area contributed by atoms with Gasteiger partial charge in [-0.1, -0.05) is 33.8 Å². The van der Waals surface area contributed by atoms with Gasteiger partial charge in [-0.2, -0.15) is 5.10 Å². The molecule has 0 spiro atoms. The normalized spacial score (nSPS) is 10.2. The van der Waals surface area contributed by atoms with Crippen LogP contribution in [0.25, 0.3) is 0 Å². The van der Waals surface area contributed by atoms with E-state index >= 15 is 0 Å². The lowest BCUT2D eigenvalue weighted by molar-refractivity contribution is 0.661. The Balaban J connectivity index is 0.000000861. The van der Waals surface area contributed by atoms with E-state index in [0.717, 1.165) is 5.56 Å². The van der Waals surface area contributed by atoms with Gasteiger partial charge in [-0.15, -0.1) is 0 Å². The minimum absolute atomic E-state index is 0.495. The fraction of sp³-hybridized carbons (Fsp3) is 0.467. The molecule has 0 radical (unpaired) electrons. The SMILES string of the molecule is CC.Cc1c(C(C)C)cnn1Cc1cccnc1N. The Morgan fingerprint density at radius 1 is 1.32 bits per heavy atom. The van der Waals surface area contributed by atoms with Gasteiger partial charge in [-0.25, -0.2) is 4.98 Å². The molecule has 2 rings (SSSR count). The van der Waals surface area contributed by atoms with Crippen LogP contribution in [0.3, 0.4) is 0 Å². The van der Waals surface area contributed by atoms with Gasteiger partial charge in [0.25, 0.3) is 0 Å². The first-order chi connectivity index (χ1) is 9.09. The van der Waals surface area contributed by atoms with Gasteiger partial charge in [-0.05, 0) is 24.5 Å². The van der Waals surface area contributed by atoms with Crippen molar-refractivity contribution in [1.82, 2.24) is 14.8 Å². The van der Waals surface area contributed by atoms with E-state index in [1.165, 1.54) is 11.3 Å².